The molecule has 2 aromatic carbocycles. The molecule has 130 valence electrons. The van der Waals surface area contributed by atoms with Crippen LogP contribution in [0.2, 0.25) is 0 Å². The fourth-order valence-electron chi connectivity index (χ4n) is 3.67. The number of ketones is 1. The van der Waals surface area contributed by atoms with Gasteiger partial charge in [0.15, 0.2) is 5.60 Å². The number of ether oxygens (including phenoxy) is 1. The van der Waals surface area contributed by atoms with E-state index in [4.69, 9.17) is 4.74 Å². The Bertz CT molecular complexity index is 744. The van der Waals surface area contributed by atoms with Crippen molar-refractivity contribution in [1.82, 2.24) is 4.90 Å². The molecule has 0 radical (unpaired) electrons. The van der Waals surface area contributed by atoms with Gasteiger partial charge < -0.3 is 9.64 Å². The topological polar surface area (TPSA) is 46.6 Å². The molecule has 2 unspecified atom stereocenters. The number of likely N-dealkylation sites (N-methyl/N-ethyl adjacent to an activating group) is 1. The molecule has 25 heavy (non-hydrogen) atoms. The lowest BCUT2D eigenvalue weighted by Gasteiger charge is -2.45. The fraction of sp³-hybridized carbons (Fsp3) is 0.333. The van der Waals surface area contributed by atoms with Gasteiger partial charge in [0.05, 0.1) is 0 Å². The lowest BCUT2D eigenvalue weighted by atomic mass is 9.72. The fourth-order valence-corrected chi connectivity index (χ4v) is 3.67. The van der Waals surface area contributed by atoms with Crippen molar-refractivity contribution in [2.75, 3.05) is 20.1 Å². The number of hydrogen-bond acceptors (Lipinski definition) is 4. The van der Waals surface area contributed by atoms with E-state index in [0.717, 1.165) is 5.56 Å². The number of hydrogen-bond donors (Lipinski definition) is 0. The van der Waals surface area contributed by atoms with Crippen LogP contribution in [0.3, 0.4) is 0 Å². The van der Waals surface area contributed by atoms with Crippen LogP contribution in [0.1, 0.15) is 35.2 Å². The molecule has 0 aromatic heterocycles. The van der Waals surface area contributed by atoms with Crippen LogP contribution in [-0.2, 0) is 9.53 Å². The van der Waals surface area contributed by atoms with Gasteiger partial charge >= 0.3 is 5.97 Å². The summed E-state index contributed by atoms with van der Waals surface area (Å²) in [4.78, 5) is 27.6. The van der Waals surface area contributed by atoms with Crippen molar-refractivity contribution in [1.29, 1.82) is 0 Å². The van der Waals surface area contributed by atoms with E-state index in [9.17, 15) is 9.59 Å². The summed E-state index contributed by atoms with van der Waals surface area (Å²) in [5.74, 6) is -0.746. The molecule has 1 saturated heterocycles. The highest BCUT2D eigenvalue weighted by Crippen LogP contribution is 2.41. The number of likely N-dealkylation sites (tertiary alicyclic amines) is 1. The van der Waals surface area contributed by atoms with Crippen molar-refractivity contribution in [2.24, 2.45) is 0 Å². The van der Waals surface area contributed by atoms with E-state index in [1.165, 1.54) is 6.92 Å². The van der Waals surface area contributed by atoms with Gasteiger partial charge in [-0.2, -0.15) is 0 Å². The second kappa shape index (κ2) is 7.19. The standard InChI is InChI=1S/C21H23NO3/c1-16(23)25-21(20(24)18-11-7-4-8-12-18)13-14-22(2)15-19(21)17-9-5-3-6-10-17/h3-12,19H,13-15H2,1-2H3. The normalized spacial score (nSPS) is 23.8. The molecule has 4 nitrogen and oxygen atoms in total. The van der Waals surface area contributed by atoms with Gasteiger partial charge in [0.2, 0.25) is 5.78 Å². The van der Waals surface area contributed by atoms with Gasteiger partial charge in [-0.15, -0.1) is 0 Å². The number of piperidine rings is 1. The molecule has 1 heterocycles. The van der Waals surface area contributed by atoms with E-state index < -0.39 is 11.6 Å². The van der Waals surface area contributed by atoms with Crippen molar-refractivity contribution in [2.45, 2.75) is 24.9 Å². The summed E-state index contributed by atoms with van der Waals surface area (Å²) >= 11 is 0. The molecule has 0 spiro atoms. The third kappa shape index (κ3) is 3.49. The first-order chi connectivity index (χ1) is 12.0. The highest BCUT2D eigenvalue weighted by atomic mass is 16.6. The van der Waals surface area contributed by atoms with Gasteiger partial charge in [-0.1, -0.05) is 60.7 Å². The van der Waals surface area contributed by atoms with Crippen molar-refractivity contribution >= 4 is 11.8 Å². The zero-order chi connectivity index (χ0) is 17.9. The summed E-state index contributed by atoms with van der Waals surface area (Å²) in [5.41, 5.74) is 0.426. The van der Waals surface area contributed by atoms with E-state index in [1.54, 1.807) is 12.1 Å². The highest BCUT2D eigenvalue weighted by Gasteiger charge is 2.52. The van der Waals surface area contributed by atoms with E-state index in [0.29, 0.717) is 25.1 Å². The SMILES string of the molecule is CC(=O)OC1(C(=O)c2ccccc2)CCN(C)CC1c1ccccc1. The first-order valence-corrected chi connectivity index (χ1v) is 8.56. The zero-order valence-electron chi connectivity index (χ0n) is 14.6. The molecule has 0 amide bonds. The molecule has 4 heteroatoms. The molecule has 0 saturated carbocycles. The first-order valence-electron chi connectivity index (χ1n) is 8.56. The van der Waals surface area contributed by atoms with Crippen LogP contribution in [0.15, 0.2) is 60.7 Å². The summed E-state index contributed by atoms with van der Waals surface area (Å²) in [6, 6.07) is 19.0. The third-order valence-electron chi connectivity index (χ3n) is 4.87. The van der Waals surface area contributed by atoms with Crippen LogP contribution in [-0.4, -0.2) is 42.4 Å². The average Bonchev–Trinajstić information content (AvgIpc) is 2.63. The molecule has 2 aromatic rings. The predicted molar refractivity (Wildman–Crippen MR) is 96.6 cm³/mol. The number of nitrogens with zero attached hydrogens (tertiary/aromatic N) is 1. The highest BCUT2D eigenvalue weighted by molar-refractivity contribution is 6.04. The minimum absolute atomic E-state index is 0.120. The largest absolute Gasteiger partial charge is 0.450 e. The van der Waals surface area contributed by atoms with Crippen molar-refractivity contribution < 1.29 is 14.3 Å². The number of esters is 1. The summed E-state index contributed by atoms with van der Waals surface area (Å²) < 4.78 is 5.80. The van der Waals surface area contributed by atoms with Gasteiger partial charge in [0, 0.05) is 37.9 Å². The third-order valence-corrected chi connectivity index (χ3v) is 4.87. The van der Waals surface area contributed by atoms with E-state index in [1.807, 2.05) is 55.6 Å². The monoisotopic (exact) mass is 337 g/mol. The van der Waals surface area contributed by atoms with Crippen LogP contribution in [0.4, 0.5) is 0 Å². The van der Waals surface area contributed by atoms with E-state index in [2.05, 4.69) is 4.90 Å². The number of rotatable bonds is 4. The van der Waals surface area contributed by atoms with Crippen molar-refractivity contribution in [3.63, 3.8) is 0 Å². The minimum atomic E-state index is -1.17. The van der Waals surface area contributed by atoms with Gasteiger partial charge in [-0.05, 0) is 12.6 Å². The molecule has 0 bridgehead atoms. The number of carbonyl (C=O) groups excluding carboxylic acids is 2. The Hall–Kier alpha value is -2.46. The second-order valence-electron chi connectivity index (χ2n) is 6.65. The van der Waals surface area contributed by atoms with Gasteiger partial charge in [0.1, 0.15) is 0 Å². The maximum absolute atomic E-state index is 13.5. The molecule has 1 aliphatic rings. The molecule has 2 atom stereocenters. The predicted octanol–water partition coefficient (Wildman–Crippen LogP) is 3.29. The lowest BCUT2D eigenvalue weighted by Crippen LogP contribution is -2.56. The van der Waals surface area contributed by atoms with Crippen LogP contribution < -0.4 is 0 Å². The van der Waals surface area contributed by atoms with E-state index in [-0.39, 0.29) is 11.7 Å². The van der Waals surface area contributed by atoms with Gasteiger partial charge in [-0.25, -0.2) is 0 Å². The van der Waals surface area contributed by atoms with Crippen LogP contribution in [0.25, 0.3) is 0 Å². The minimum Gasteiger partial charge on any atom is -0.450 e. The van der Waals surface area contributed by atoms with Crippen molar-refractivity contribution in [3.05, 3.63) is 71.8 Å². The molecule has 0 N–H and O–H groups in total. The summed E-state index contributed by atoms with van der Waals surface area (Å²) in [5, 5.41) is 0. The maximum Gasteiger partial charge on any atom is 0.303 e. The van der Waals surface area contributed by atoms with Crippen LogP contribution in [0.5, 0.6) is 0 Å². The Morgan fingerprint density at radius 1 is 1.04 bits per heavy atom. The second-order valence-corrected chi connectivity index (χ2v) is 6.65. The Morgan fingerprint density at radius 3 is 2.24 bits per heavy atom. The quantitative estimate of drug-likeness (QED) is 0.634. The zero-order valence-corrected chi connectivity index (χ0v) is 14.6. The summed E-state index contributed by atoms with van der Waals surface area (Å²) in [7, 11) is 2.03. The molecule has 3 rings (SSSR count). The lowest BCUT2D eigenvalue weighted by molar-refractivity contribution is -0.158. The van der Waals surface area contributed by atoms with Crippen LogP contribution >= 0.6 is 0 Å². The Labute approximate surface area is 148 Å². The summed E-state index contributed by atoms with van der Waals surface area (Å²) in [6.45, 7) is 2.74. The number of Topliss-reactive ketones (excluding diaryl/α,β-unsaturated/α-hetero) is 1. The maximum atomic E-state index is 13.5. The number of benzene rings is 2. The average molecular weight is 337 g/mol. The Kier molecular flexibility index (Phi) is 5.00. The summed E-state index contributed by atoms with van der Waals surface area (Å²) in [6.07, 6.45) is 0.483. The molecule has 1 fully saturated rings. The molecular formula is C21H23NO3. The van der Waals surface area contributed by atoms with Crippen LogP contribution in [0, 0.1) is 0 Å². The Morgan fingerprint density at radius 2 is 1.64 bits per heavy atom. The number of carbonyl (C=O) groups is 2. The van der Waals surface area contributed by atoms with Gasteiger partial charge in [-0.3, -0.25) is 9.59 Å². The molecule has 0 aliphatic carbocycles. The molecular weight excluding hydrogens is 314 g/mol. The van der Waals surface area contributed by atoms with Gasteiger partial charge in [0.25, 0.3) is 0 Å². The Balaban J connectivity index is 2.10. The van der Waals surface area contributed by atoms with E-state index >= 15 is 0 Å². The smallest absolute Gasteiger partial charge is 0.303 e. The van der Waals surface area contributed by atoms with Crippen molar-refractivity contribution in [3.8, 4) is 0 Å². The molecule has 1 aliphatic heterocycles. The first kappa shape index (κ1) is 17.4.